The summed E-state index contributed by atoms with van der Waals surface area (Å²) in [6, 6.07) is 10.9. The van der Waals surface area contributed by atoms with Crippen LogP contribution < -0.4 is 9.47 Å². The number of nitrogens with zero attached hydrogens (tertiary/aromatic N) is 1. The predicted molar refractivity (Wildman–Crippen MR) is 101 cm³/mol. The van der Waals surface area contributed by atoms with Crippen LogP contribution >= 0.6 is 0 Å². The first-order valence-electron chi connectivity index (χ1n) is 8.69. The molecule has 1 saturated heterocycles. The van der Waals surface area contributed by atoms with Gasteiger partial charge < -0.3 is 9.47 Å². The number of aryl methyl sites for hydroxylation is 2. The molecule has 1 aliphatic rings. The van der Waals surface area contributed by atoms with E-state index in [1.165, 1.54) is 0 Å². The molecule has 6 heteroatoms. The largest absolute Gasteiger partial charge is 0.497 e. The molecule has 1 fully saturated rings. The summed E-state index contributed by atoms with van der Waals surface area (Å²) in [6.45, 7) is 4.26. The highest BCUT2D eigenvalue weighted by molar-refractivity contribution is 7.89. The first-order chi connectivity index (χ1) is 12.4. The first-order valence-corrected chi connectivity index (χ1v) is 10.1. The van der Waals surface area contributed by atoms with Gasteiger partial charge in [0, 0.05) is 18.2 Å². The molecule has 0 spiro atoms. The van der Waals surface area contributed by atoms with Gasteiger partial charge in [-0.25, -0.2) is 8.42 Å². The lowest BCUT2D eigenvalue weighted by molar-refractivity contribution is 0.361. The molecule has 1 aliphatic heterocycles. The van der Waals surface area contributed by atoms with Crippen molar-refractivity contribution in [3.05, 3.63) is 53.1 Å². The van der Waals surface area contributed by atoms with Crippen LogP contribution in [-0.2, 0) is 10.0 Å². The van der Waals surface area contributed by atoms with Gasteiger partial charge in [-0.05, 0) is 49.9 Å². The molecule has 2 aromatic rings. The molecule has 0 N–H and O–H groups in total. The minimum atomic E-state index is -3.58. The molecule has 140 valence electrons. The Morgan fingerprint density at radius 1 is 1.04 bits per heavy atom. The van der Waals surface area contributed by atoms with E-state index in [0.717, 1.165) is 29.5 Å². The molecular formula is C20H25NO4S. The molecule has 5 nitrogen and oxygen atoms in total. The van der Waals surface area contributed by atoms with E-state index in [1.807, 2.05) is 38.1 Å². The van der Waals surface area contributed by atoms with Crippen molar-refractivity contribution >= 4 is 10.0 Å². The van der Waals surface area contributed by atoms with Crippen LogP contribution in [0.1, 0.15) is 35.6 Å². The topological polar surface area (TPSA) is 55.8 Å². The summed E-state index contributed by atoms with van der Waals surface area (Å²) in [6.07, 6.45) is 1.59. The molecule has 0 aliphatic carbocycles. The average molecular weight is 375 g/mol. The van der Waals surface area contributed by atoms with E-state index < -0.39 is 10.0 Å². The van der Waals surface area contributed by atoms with Gasteiger partial charge in [0.1, 0.15) is 11.5 Å². The van der Waals surface area contributed by atoms with Gasteiger partial charge in [0.05, 0.1) is 25.2 Å². The van der Waals surface area contributed by atoms with Crippen molar-refractivity contribution in [3.63, 3.8) is 0 Å². The quantitative estimate of drug-likeness (QED) is 0.797. The lowest BCUT2D eigenvalue weighted by Crippen LogP contribution is -2.31. The Bertz CT molecular complexity index is 908. The van der Waals surface area contributed by atoms with Crippen LogP contribution in [0.3, 0.4) is 0 Å². The first kappa shape index (κ1) is 18.7. The normalized spacial score (nSPS) is 18.1. The summed E-state index contributed by atoms with van der Waals surface area (Å²) in [5.74, 6) is 1.34. The van der Waals surface area contributed by atoms with Crippen LogP contribution in [0.15, 0.2) is 41.3 Å². The zero-order valence-electron chi connectivity index (χ0n) is 15.7. The van der Waals surface area contributed by atoms with E-state index in [2.05, 4.69) is 0 Å². The maximum absolute atomic E-state index is 13.4. The predicted octanol–water partition coefficient (Wildman–Crippen LogP) is 3.85. The Hall–Kier alpha value is -2.05. The molecule has 0 aromatic heterocycles. The third-order valence-electron chi connectivity index (χ3n) is 4.93. The summed E-state index contributed by atoms with van der Waals surface area (Å²) in [5, 5.41) is 0. The summed E-state index contributed by atoms with van der Waals surface area (Å²) in [7, 11) is -0.391. The number of benzene rings is 2. The SMILES string of the molecule is COc1ccc([C@@H]2CCCN2S(=O)(=O)c2cc(C)ccc2C)c(OC)c1. The Labute approximate surface area is 155 Å². The lowest BCUT2D eigenvalue weighted by Gasteiger charge is -2.26. The van der Waals surface area contributed by atoms with Crippen molar-refractivity contribution in [2.45, 2.75) is 37.6 Å². The van der Waals surface area contributed by atoms with Gasteiger partial charge in [-0.15, -0.1) is 0 Å². The summed E-state index contributed by atoms with van der Waals surface area (Å²) >= 11 is 0. The molecule has 0 unspecified atom stereocenters. The Morgan fingerprint density at radius 2 is 1.81 bits per heavy atom. The van der Waals surface area contributed by atoms with Crippen molar-refractivity contribution in [1.82, 2.24) is 4.31 Å². The highest BCUT2D eigenvalue weighted by Crippen LogP contribution is 2.41. The molecule has 1 atom stereocenters. The molecule has 0 radical (unpaired) electrons. The highest BCUT2D eigenvalue weighted by Gasteiger charge is 2.38. The van der Waals surface area contributed by atoms with Gasteiger partial charge in [0.25, 0.3) is 0 Å². The standard InChI is InChI=1S/C20H25NO4S/c1-14-7-8-15(2)20(12-14)26(22,23)21-11-5-6-18(21)17-10-9-16(24-3)13-19(17)25-4/h7-10,12-13,18H,5-6,11H2,1-4H3/t18-/m0/s1. The average Bonchev–Trinajstić information content (AvgIpc) is 3.13. The molecule has 3 rings (SSSR count). The van der Waals surface area contributed by atoms with Gasteiger partial charge in [0.2, 0.25) is 10.0 Å². The van der Waals surface area contributed by atoms with Gasteiger partial charge in [-0.1, -0.05) is 18.2 Å². The summed E-state index contributed by atoms with van der Waals surface area (Å²) < 4.78 is 39.1. The second kappa shape index (κ2) is 7.29. The van der Waals surface area contributed by atoms with E-state index in [9.17, 15) is 8.42 Å². The van der Waals surface area contributed by atoms with Crippen LogP contribution in [0.4, 0.5) is 0 Å². The maximum Gasteiger partial charge on any atom is 0.243 e. The minimum Gasteiger partial charge on any atom is -0.497 e. The van der Waals surface area contributed by atoms with Crippen LogP contribution in [0, 0.1) is 13.8 Å². The van der Waals surface area contributed by atoms with Gasteiger partial charge in [-0.2, -0.15) is 4.31 Å². The Kier molecular flexibility index (Phi) is 5.25. The third kappa shape index (κ3) is 3.31. The molecule has 0 amide bonds. The number of sulfonamides is 1. The summed E-state index contributed by atoms with van der Waals surface area (Å²) in [4.78, 5) is 0.386. The van der Waals surface area contributed by atoms with E-state index in [0.29, 0.717) is 22.9 Å². The lowest BCUT2D eigenvalue weighted by atomic mass is 10.0. The zero-order chi connectivity index (χ0) is 18.9. The van der Waals surface area contributed by atoms with Gasteiger partial charge >= 0.3 is 0 Å². The summed E-state index contributed by atoms with van der Waals surface area (Å²) in [5.41, 5.74) is 2.58. The molecule has 1 heterocycles. The smallest absolute Gasteiger partial charge is 0.243 e. The van der Waals surface area contributed by atoms with Gasteiger partial charge in [0.15, 0.2) is 0 Å². The molecular weight excluding hydrogens is 350 g/mol. The van der Waals surface area contributed by atoms with Crippen molar-refractivity contribution in [2.75, 3.05) is 20.8 Å². The van der Waals surface area contributed by atoms with E-state index in [4.69, 9.17) is 9.47 Å². The number of hydrogen-bond donors (Lipinski definition) is 0. The molecule has 2 aromatic carbocycles. The Balaban J connectivity index is 2.04. The van der Waals surface area contributed by atoms with Crippen molar-refractivity contribution < 1.29 is 17.9 Å². The van der Waals surface area contributed by atoms with Crippen molar-refractivity contribution in [1.29, 1.82) is 0 Å². The zero-order valence-corrected chi connectivity index (χ0v) is 16.5. The Morgan fingerprint density at radius 3 is 2.50 bits per heavy atom. The number of ether oxygens (including phenoxy) is 2. The second-order valence-corrected chi connectivity index (χ2v) is 8.51. The van der Waals surface area contributed by atoms with Crippen LogP contribution in [0.25, 0.3) is 0 Å². The fraction of sp³-hybridized carbons (Fsp3) is 0.400. The van der Waals surface area contributed by atoms with Crippen LogP contribution in [-0.4, -0.2) is 33.5 Å². The number of methoxy groups -OCH3 is 2. The monoisotopic (exact) mass is 375 g/mol. The van der Waals surface area contributed by atoms with Gasteiger partial charge in [-0.3, -0.25) is 0 Å². The fourth-order valence-corrected chi connectivity index (χ4v) is 5.53. The van der Waals surface area contributed by atoms with E-state index in [1.54, 1.807) is 30.7 Å². The number of rotatable bonds is 5. The van der Waals surface area contributed by atoms with E-state index in [-0.39, 0.29) is 6.04 Å². The molecule has 0 saturated carbocycles. The van der Waals surface area contributed by atoms with E-state index >= 15 is 0 Å². The second-order valence-electron chi connectivity index (χ2n) is 6.65. The number of hydrogen-bond acceptors (Lipinski definition) is 4. The van der Waals surface area contributed by atoms with Crippen molar-refractivity contribution in [2.24, 2.45) is 0 Å². The van der Waals surface area contributed by atoms with Crippen LogP contribution in [0.2, 0.25) is 0 Å². The maximum atomic E-state index is 13.4. The highest BCUT2D eigenvalue weighted by atomic mass is 32.2. The molecule has 26 heavy (non-hydrogen) atoms. The minimum absolute atomic E-state index is 0.235. The third-order valence-corrected chi connectivity index (χ3v) is 6.98. The fourth-order valence-electron chi connectivity index (χ4n) is 3.54. The van der Waals surface area contributed by atoms with Crippen LogP contribution in [0.5, 0.6) is 11.5 Å². The molecule has 0 bridgehead atoms. The van der Waals surface area contributed by atoms with Crippen molar-refractivity contribution in [3.8, 4) is 11.5 Å².